The van der Waals surface area contributed by atoms with Gasteiger partial charge in [-0.2, -0.15) is 0 Å². The van der Waals surface area contributed by atoms with Crippen LogP contribution in [-0.2, 0) is 6.42 Å². The summed E-state index contributed by atoms with van der Waals surface area (Å²) in [6, 6.07) is 5.34. The van der Waals surface area contributed by atoms with Crippen molar-refractivity contribution in [2.24, 2.45) is 0 Å². The summed E-state index contributed by atoms with van der Waals surface area (Å²) >= 11 is 0. The monoisotopic (exact) mass is 229 g/mol. The predicted octanol–water partition coefficient (Wildman–Crippen LogP) is 2.16. The van der Waals surface area contributed by atoms with Crippen LogP contribution in [0.5, 0.6) is 0 Å². The average molecular weight is 229 g/mol. The van der Waals surface area contributed by atoms with Crippen LogP contribution in [0, 0.1) is 12.3 Å². The Labute approximate surface area is 101 Å². The van der Waals surface area contributed by atoms with Gasteiger partial charge >= 0.3 is 5.97 Å². The van der Waals surface area contributed by atoms with Crippen LogP contribution in [0.4, 0.5) is 5.69 Å². The second-order valence-corrected chi connectivity index (χ2v) is 4.19. The number of fused-ring (bicyclic) bond motifs is 1. The predicted molar refractivity (Wildman–Crippen MR) is 67.4 cm³/mol. The van der Waals surface area contributed by atoms with E-state index < -0.39 is 5.97 Å². The second-order valence-electron chi connectivity index (χ2n) is 4.19. The first kappa shape index (κ1) is 11.5. The third-order valence-electron chi connectivity index (χ3n) is 3.07. The van der Waals surface area contributed by atoms with E-state index in [1.54, 1.807) is 12.1 Å². The van der Waals surface area contributed by atoms with Gasteiger partial charge in [0.15, 0.2) is 0 Å². The van der Waals surface area contributed by atoms with Gasteiger partial charge in [-0.05, 0) is 36.6 Å². The van der Waals surface area contributed by atoms with Crippen LogP contribution in [0.15, 0.2) is 18.2 Å². The summed E-state index contributed by atoms with van der Waals surface area (Å²) < 4.78 is 0. The number of hydrogen-bond acceptors (Lipinski definition) is 2. The van der Waals surface area contributed by atoms with E-state index in [4.69, 9.17) is 11.5 Å². The van der Waals surface area contributed by atoms with Gasteiger partial charge in [0, 0.05) is 25.2 Å². The molecule has 1 heterocycles. The van der Waals surface area contributed by atoms with Gasteiger partial charge in [-0.25, -0.2) is 4.79 Å². The van der Waals surface area contributed by atoms with Crippen molar-refractivity contribution in [3.8, 4) is 12.3 Å². The molecule has 17 heavy (non-hydrogen) atoms. The molecule has 1 N–H and O–H groups in total. The first-order valence-corrected chi connectivity index (χ1v) is 5.77. The Morgan fingerprint density at radius 2 is 2.35 bits per heavy atom. The number of carboxylic acid groups (broad SMARTS) is 1. The minimum Gasteiger partial charge on any atom is -0.478 e. The Hall–Kier alpha value is -1.95. The maximum absolute atomic E-state index is 10.9. The summed E-state index contributed by atoms with van der Waals surface area (Å²) in [5.74, 6) is 1.77. The first-order chi connectivity index (χ1) is 8.22. The van der Waals surface area contributed by atoms with Crippen molar-refractivity contribution >= 4 is 11.7 Å². The molecule has 0 amide bonds. The number of aryl methyl sites for hydroxylation is 1. The molecule has 0 unspecified atom stereocenters. The van der Waals surface area contributed by atoms with Crippen LogP contribution in [0.2, 0.25) is 0 Å². The van der Waals surface area contributed by atoms with Gasteiger partial charge in [0.1, 0.15) is 0 Å². The molecule has 0 saturated heterocycles. The number of anilines is 1. The topological polar surface area (TPSA) is 40.5 Å². The van der Waals surface area contributed by atoms with E-state index in [9.17, 15) is 4.79 Å². The normalized spacial score (nSPS) is 13.9. The number of aromatic carboxylic acids is 1. The van der Waals surface area contributed by atoms with Crippen molar-refractivity contribution in [3.05, 3.63) is 29.3 Å². The summed E-state index contributed by atoms with van der Waals surface area (Å²) in [5, 5.41) is 8.95. The van der Waals surface area contributed by atoms with Gasteiger partial charge in [-0.3, -0.25) is 0 Å². The highest BCUT2D eigenvalue weighted by Gasteiger charge is 2.17. The highest BCUT2D eigenvalue weighted by atomic mass is 16.4. The molecule has 0 aliphatic carbocycles. The molecule has 3 nitrogen and oxygen atoms in total. The molecule has 1 aromatic carbocycles. The zero-order valence-corrected chi connectivity index (χ0v) is 9.65. The average Bonchev–Trinajstić information content (AvgIpc) is 2.35. The molecular formula is C14H15NO2. The van der Waals surface area contributed by atoms with Crippen LogP contribution < -0.4 is 4.90 Å². The van der Waals surface area contributed by atoms with Crippen LogP contribution >= 0.6 is 0 Å². The molecule has 88 valence electrons. The van der Waals surface area contributed by atoms with Gasteiger partial charge in [0.05, 0.1) is 5.56 Å². The van der Waals surface area contributed by atoms with Crippen molar-refractivity contribution < 1.29 is 9.90 Å². The standard InChI is InChI=1S/C14H15NO2/c1-2-3-8-15-9-4-5-11-10-12(14(16)17)6-7-13(11)15/h1,6-7,10H,3-5,8-9H2,(H,16,17). The van der Waals surface area contributed by atoms with Crippen LogP contribution in [0.25, 0.3) is 0 Å². The number of benzene rings is 1. The van der Waals surface area contributed by atoms with Crippen molar-refractivity contribution in [2.45, 2.75) is 19.3 Å². The SMILES string of the molecule is C#CCCN1CCCc2cc(C(=O)O)ccc21. The molecule has 1 aromatic rings. The lowest BCUT2D eigenvalue weighted by atomic mass is 9.99. The van der Waals surface area contributed by atoms with Crippen LogP contribution in [-0.4, -0.2) is 24.2 Å². The molecule has 0 bridgehead atoms. The van der Waals surface area contributed by atoms with Crippen molar-refractivity contribution in [2.75, 3.05) is 18.0 Å². The zero-order valence-electron chi connectivity index (χ0n) is 9.65. The summed E-state index contributed by atoms with van der Waals surface area (Å²) in [4.78, 5) is 13.1. The fourth-order valence-corrected chi connectivity index (χ4v) is 2.24. The fourth-order valence-electron chi connectivity index (χ4n) is 2.24. The van der Waals surface area contributed by atoms with E-state index in [-0.39, 0.29) is 0 Å². The van der Waals surface area contributed by atoms with E-state index in [2.05, 4.69) is 10.8 Å². The lowest BCUT2D eigenvalue weighted by molar-refractivity contribution is 0.0697. The number of nitrogens with zero attached hydrogens (tertiary/aromatic N) is 1. The van der Waals surface area contributed by atoms with Crippen molar-refractivity contribution in [1.82, 2.24) is 0 Å². The van der Waals surface area contributed by atoms with E-state index >= 15 is 0 Å². The Kier molecular flexibility index (Phi) is 3.34. The number of carbonyl (C=O) groups is 1. The van der Waals surface area contributed by atoms with Crippen molar-refractivity contribution in [3.63, 3.8) is 0 Å². The number of hydrogen-bond donors (Lipinski definition) is 1. The summed E-state index contributed by atoms with van der Waals surface area (Å²) in [7, 11) is 0. The molecule has 0 radical (unpaired) electrons. The largest absolute Gasteiger partial charge is 0.478 e. The lowest BCUT2D eigenvalue weighted by Gasteiger charge is -2.31. The third kappa shape index (κ3) is 2.42. The van der Waals surface area contributed by atoms with Crippen molar-refractivity contribution in [1.29, 1.82) is 0 Å². The molecule has 0 fully saturated rings. The lowest BCUT2D eigenvalue weighted by Crippen LogP contribution is -2.30. The molecular weight excluding hydrogens is 214 g/mol. The Morgan fingerprint density at radius 1 is 1.53 bits per heavy atom. The minimum absolute atomic E-state index is 0.363. The van der Waals surface area contributed by atoms with Gasteiger partial charge in [0.25, 0.3) is 0 Å². The molecule has 1 aliphatic rings. The quantitative estimate of drug-likeness (QED) is 0.807. The summed E-state index contributed by atoms with van der Waals surface area (Å²) in [6.07, 6.45) is 8.00. The van der Waals surface area contributed by atoms with Crippen LogP contribution in [0.3, 0.4) is 0 Å². The molecule has 1 aliphatic heterocycles. The van der Waals surface area contributed by atoms with E-state index in [0.717, 1.165) is 43.6 Å². The van der Waals surface area contributed by atoms with Gasteiger partial charge in [-0.15, -0.1) is 12.3 Å². The Bertz CT molecular complexity index is 474. The number of rotatable bonds is 3. The zero-order chi connectivity index (χ0) is 12.3. The third-order valence-corrected chi connectivity index (χ3v) is 3.07. The molecule has 0 spiro atoms. The maximum atomic E-state index is 10.9. The van der Waals surface area contributed by atoms with E-state index in [1.807, 2.05) is 6.07 Å². The number of carboxylic acids is 1. The van der Waals surface area contributed by atoms with E-state index in [1.165, 1.54) is 0 Å². The first-order valence-electron chi connectivity index (χ1n) is 5.77. The van der Waals surface area contributed by atoms with E-state index in [0.29, 0.717) is 5.56 Å². The molecule has 3 heteroatoms. The summed E-state index contributed by atoms with van der Waals surface area (Å²) in [5.41, 5.74) is 2.62. The van der Waals surface area contributed by atoms with Gasteiger partial charge < -0.3 is 10.0 Å². The Balaban J connectivity index is 2.27. The summed E-state index contributed by atoms with van der Waals surface area (Å²) in [6.45, 7) is 1.84. The maximum Gasteiger partial charge on any atom is 0.335 e. The van der Waals surface area contributed by atoms with Crippen LogP contribution in [0.1, 0.15) is 28.8 Å². The highest BCUT2D eigenvalue weighted by molar-refractivity contribution is 5.88. The molecule has 0 saturated carbocycles. The Morgan fingerprint density at radius 3 is 3.06 bits per heavy atom. The highest BCUT2D eigenvalue weighted by Crippen LogP contribution is 2.28. The molecule has 2 rings (SSSR count). The second kappa shape index (κ2) is 4.92. The molecule has 0 aromatic heterocycles. The molecule has 0 atom stereocenters. The van der Waals surface area contributed by atoms with Gasteiger partial charge in [0.2, 0.25) is 0 Å². The minimum atomic E-state index is -0.867. The fraction of sp³-hybridized carbons (Fsp3) is 0.357. The van der Waals surface area contributed by atoms with Gasteiger partial charge in [-0.1, -0.05) is 0 Å². The smallest absolute Gasteiger partial charge is 0.335 e. The number of terminal acetylenes is 1.